The van der Waals surface area contributed by atoms with E-state index in [-0.39, 0.29) is 11.6 Å². The van der Waals surface area contributed by atoms with Crippen molar-refractivity contribution in [1.29, 1.82) is 0 Å². The summed E-state index contributed by atoms with van der Waals surface area (Å²) in [6.45, 7) is 3.62. The number of hydrazine groups is 1. The molecule has 4 N–H and O–H groups in total. The Hall–Kier alpha value is -3.18. The van der Waals surface area contributed by atoms with Gasteiger partial charge in [-0.15, -0.1) is 0 Å². The highest BCUT2D eigenvalue weighted by Crippen LogP contribution is 2.28. The van der Waals surface area contributed by atoms with Crippen molar-refractivity contribution in [2.24, 2.45) is 10.9 Å². The normalized spacial score (nSPS) is 19.3. The summed E-state index contributed by atoms with van der Waals surface area (Å²) in [4.78, 5) is 25.7. The fourth-order valence-corrected chi connectivity index (χ4v) is 3.24. The van der Waals surface area contributed by atoms with Crippen LogP contribution < -0.4 is 21.8 Å². The van der Waals surface area contributed by atoms with Crippen LogP contribution in [0.15, 0.2) is 22.1 Å². The Morgan fingerprint density at radius 3 is 2.90 bits per heavy atom. The number of morpholine rings is 1. The molecule has 2 fully saturated rings. The van der Waals surface area contributed by atoms with Crippen LogP contribution in [0.2, 0.25) is 0 Å². The number of hydrogen-bond donors (Lipinski definition) is 4. The fraction of sp³-hybridized carbons (Fsp3) is 0.444. The van der Waals surface area contributed by atoms with Crippen LogP contribution in [-0.4, -0.2) is 67.5 Å². The molecule has 1 saturated heterocycles. The molecule has 0 aromatic carbocycles. The lowest BCUT2D eigenvalue weighted by molar-refractivity contribution is 0.0495. The summed E-state index contributed by atoms with van der Waals surface area (Å²) in [7, 11) is 0. The molecule has 5 rings (SSSR count). The largest absolute Gasteiger partial charge is 0.493 e. The van der Waals surface area contributed by atoms with Crippen molar-refractivity contribution in [3.8, 4) is 5.88 Å². The molecule has 3 aromatic heterocycles. The third kappa shape index (κ3) is 3.87. The third-order valence-corrected chi connectivity index (χ3v) is 5.01. The molecule has 152 valence electrons. The highest BCUT2D eigenvalue weighted by molar-refractivity contribution is 5.57. The van der Waals surface area contributed by atoms with Gasteiger partial charge >= 0.3 is 5.69 Å². The van der Waals surface area contributed by atoms with E-state index in [1.54, 1.807) is 16.8 Å². The van der Waals surface area contributed by atoms with Gasteiger partial charge in [-0.1, -0.05) is 0 Å². The van der Waals surface area contributed by atoms with Gasteiger partial charge in [0.25, 0.3) is 0 Å². The van der Waals surface area contributed by atoms with E-state index in [1.807, 2.05) is 6.07 Å². The van der Waals surface area contributed by atoms with Crippen molar-refractivity contribution >= 4 is 17.5 Å². The third-order valence-electron chi connectivity index (χ3n) is 5.01. The highest BCUT2D eigenvalue weighted by atomic mass is 16.5. The van der Waals surface area contributed by atoms with E-state index < -0.39 is 5.69 Å². The molecule has 1 aliphatic carbocycles. The number of rotatable bonds is 5. The Labute approximate surface area is 164 Å². The Morgan fingerprint density at radius 2 is 2.17 bits per heavy atom. The Bertz CT molecular complexity index is 1200. The van der Waals surface area contributed by atoms with Gasteiger partial charge in [0.15, 0.2) is 11.1 Å². The summed E-state index contributed by atoms with van der Waals surface area (Å²) in [6, 6.07) is 1.89. The summed E-state index contributed by atoms with van der Waals surface area (Å²) in [5.74, 6) is 1.09. The van der Waals surface area contributed by atoms with Gasteiger partial charge < -0.3 is 20.3 Å². The van der Waals surface area contributed by atoms with Crippen molar-refractivity contribution in [3.05, 3.63) is 39.1 Å². The first-order valence-electron chi connectivity index (χ1n) is 9.67. The molecule has 4 heterocycles. The van der Waals surface area contributed by atoms with Crippen molar-refractivity contribution in [3.63, 3.8) is 0 Å². The number of H-pyrrole nitrogens is 2. The van der Waals surface area contributed by atoms with Crippen LogP contribution in [0.4, 0.5) is 5.82 Å². The van der Waals surface area contributed by atoms with Crippen LogP contribution in [0.25, 0.3) is 11.7 Å². The average molecular weight is 398 g/mol. The van der Waals surface area contributed by atoms with Crippen molar-refractivity contribution < 1.29 is 9.84 Å². The lowest BCUT2D eigenvalue weighted by atomic mass is 10.3. The second-order valence-electron chi connectivity index (χ2n) is 7.32. The smallest absolute Gasteiger partial charge is 0.326 e. The molecule has 0 radical (unpaired) electrons. The number of imidazole rings is 1. The van der Waals surface area contributed by atoms with Gasteiger partial charge in [0, 0.05) is 30.9 Å². The van der Waals surface area contributed by atoms with Crippen molar-refractivity contribution in [2.45, 2.75) is 12.8 Å². The van der Waals surface area contributed by atoms with Crippen LogP contribution in [0.1, 0.15) is 18.5 Å². The fourth-order valence-electron chi connectivity index (χ4n) is 3.24. The summed E-state index contributed by atoms with van der Waals surface area (Å²) in [6.07, 6.45) is 5.71. The number of nitrogens with zero attached hydrogens (tertiary/aromatic N) is 5. The summed E-state index contributed by atoms with van der Waals surface area (Å²) in [5, 5.41) is 17.0. The quantitative estimate of drug-likeness (QED) is 0.431. The average Bonchev–Trinajstić information content (AvgIpc) is 3.38. The predicted octanol–water partition coefficient (Wildman–Crippen LogP) is -1.03. The maximum absolute atomic E-state index is 11.4. The molecule has 0 amide bonds. The molecular weight excluding hydrogens is 376 g/mol. The van der Waals surface area contributed by atoms with Crippen LogP contribution in [-0.2, 0) is 4.74 Å². The first-order valence-corrected chi connectivity index (χ1v) is 9.67. The molecule has 0 unspecified atom stereocenters. The molecule has 3 aromatic rings. The zero-order chi connectivity index (χ0) is 19.8. The maximum atomic E-state index is 11.4. The highest BCUT2D eigenvalue weighted by Gasteiger charge is 2.20. The van der Waals surface area contributed by atoms with E-state index in [1.165, 1.54) is 12.8 Å². The van der Waals surface area contributed by atoms with Gasteiger partial charge in [-0.3, -0.25) is 9.98 Å². The topological polar surface area (TPSA) is 136 Å². The number of anilines is 1. The van der Waals surface area contributed by atoms with Crippen LogP contribution in [0, 0.1) is 5.92 Å². The molecule has 29 heavy (non-hydrogen) atoms. The second kappa shape index (κ2) is 7.33. The summed E-state index contributed by atoms with van der Waals surface area (Å²) >= 11 is 0. The first-order chi connectivity index (χ1) is 14.2. The van der Waals surface area contributed by atoms with Crippen LogP contribution >= 0.6 is 0 Å². The van der Waals surface area contributed by atoms with E-state index in [0.717, 1.165) is 19.6 Å². The zero-order valence-corrected chi connectivity index (χ0v) is 15.8. The van der Waals surface area contributed by atoms with Gasteiger partial charge in [0.1, 0.15) is 11.5 Å². The predicted molar refractivity (Wildman–Crippen MR) is 104 cm³/mol. The van der Waals surface area contributed by atoms with Gasteiger partial charge in [0.05, 0.1) is 19.4 Å². The summed E-state index contributed by atoms with van der Waals surface area (Å²) in [5.41, 5.74) is 4.42. The minimum atomic E-state index is -0.479. The van der Waals surface area contributed by atoms with E-state index >= 15 is 0 Å². The van der Waals surface area contributed by atoms with Crippen molar-refractivity contribution in [1.82, 2.24) is 29.6 Å². The number of fused-ring (bicyclic) bond motifs is 1. The molecule has 0 bridgehead atoms. The number of aromatic amines is 2. The van der Waals surface area contributed by atoms with E-state index in [9.17, 15) is 9.90 Å². The Kier molecular flexibility index (Phi) is 4.52. The lowest BCUT2D eigenvalue weighted by Gasteiger charge is -2.27. The van der Waals surface area contributed by atoms with Gasteiger partial charge in [0.2, 0.25) is 5.88 Å². The molecule has 2 aliphatic rings. The Morgan fingerprint density at radius 1 is 1.34 bits per heavy atom. The minimum absolute atomic E-state index is 0.226. The van der Waals surface area contributed by atoms with Crippen LogP contribution in [0.5, 0.6) is 5.88 Å². The number of nitrogens with one attached hydrogen (secondary N) is 3. The van der Waals surface area contributed by atoms with Gasteiger partial charge in [-0.05, 0) is 24.8 Å². The number of hydrogen-bond acceptors (Lipinski definition) is 8. The zero-order valence-electron chi connectivity index (χ0n) is 15.8. The number of ether oxygens (including phenoxy) is 1. The molecule has 1 aliphatic heterocycles. The van der Waals surface area contributed by atoms with Gasteiger partial charge in [-0.2, -0.15) is 9.61 Å². The molecule has 11 nitrogen and oxygen atoms in total. The monoisotopic (exact) mass is 398 g/mol. The van der Waals surface area contributed by atoms with E-state index in [4.69, 9.17) is 14.7 Å². The molecule has 1 saturated carbocycles. The molecule has 11 heteroatoms. The van der Waals surface area contributed by atoms with E-state index in [0.29, 0.717) is 41.3 Å². The SMILES string of the molecule is O=c1[nH]c(O)c(/C=c2/cnn3c(=NCC4CC4)cc(NN4CCOCC4)nc23)[nH]1. The maximum Gasteiger partial charge on any atom is 0.326 e. The standard InChI is InChI=1S/C18H22N8O3/c27-17-13(21-18(28)23-17)7-12-10-20-26-15(19-9-11-1-2-11)8-14(22-16(12)26)24-25-3-5-29-6-4-25/h7-8,10-11,24,27H,1-6,9H2,(H2,21,23,28)/b12-7-,19-15?. The molecular formula is C18H22N8O3. The van der Waals surface area contributed by atoms with Crippen LogP contribution in [0.3, 0.4) is 0 Å². The van der Waals surface area contributed by atoms with Gasteiger partial charge in [-0.25, -0.2) is 14.8 Å². The number of aromatic hydroxyl groups is 1. The first kappa shape index (κ1) is 17.9. The Balaban J connectivity index is 1.60. The number of aromatic nitrogens is 5. The molecule has 0 spiro atoms. The minimum Gasteiger partial charge on any atom is -0.493 e. The summed E-state index contributed by atoms with van der Waals surface area (Å²) < 4.78 is 7.08. The van der Waals surface area contributed by atoms with E-state index in [2.05, 4.69) is 25.5 Å². The second-order valence-corrected chi connectivity index (χ2v) is 7.32. The molecule has 0 atom stereocenters. The lowest BCUT2D eigenvalue weighted by Crippen LogP contribution is -2.40. The van der Waals surface area contributed by atoms with Crippen molar-refractivity contribution in [2.75, 3.05) is 38.3 Å².